The summed E-state index contributed by atoms with van der Waals surface area (Å²) < 4.78 is 10.9. The van der Waals surface area contributed by atoms with E-state index < -0.39 is 0 Å². The number of methoxy groups -OCH3 is 1. The maximum atomic E-state index is 12.0. The average Bonchev–Trinajstić information content (AvgIpc) is 2.38. The molecule has 1 aromatic carbocycles. The Morgan fingerprint density at radius 1 is 1.26 bits per heavy atom. The second-order valence-corrected chi connectivity index (χ2v) is 4.82. The Balaban J connectivity index is 2.90. The van der Waals surface area contributed by atoms with Crippen LogP contribution >= 0.6 is 0 Å². The molecule has 4 heteroatoms. The van der Waals surface area contributed by atoms with Crippen LogP contribution in [0.1, 0.15) is 44.5 Å². The van der Waals surface area contributed by atoms with Gasteiger partial charge in [0.05, 0.1) is 13.2 Å². The minimum atomic E-state index is -0.0938. The molecule has 1 amide bonds. The van der Waals surface area contributed by atoms with Crippen molar-refractivity contribution in [2.24, 2.45) is 0 Å². The smallest absolute Gasteiger partial charge is 0.251 e. The quantitative estimate of drug-likeness (QED) is 0.860. The Labute approximate surface area is 115 Å². The van der Waals surface area contributed by atoms with E-state index in [0.29, 0.717) is 17.1 Å². The zero-order chi connectivity index (χ0) is 14.4. The minimum Gasteiger partial charge on any atom is -0.493 e. The summed E-state index contributed by atoms with van der Waals surface area (Å²) in [5.41, 5.74) is 0.577. The Kier molecular flexibility index (Phi) is 5.67. The van der Waals surface area contributed by atoms with Crippen molar-refractivity contribution in [1.82, 2.24) is 5.32 Å². The van der Waals surface area contributed by atoms with Gasteiger partial charge in [-0.2, -0.15) is 0 Å². The summed E-state index contributed by atoms with van der Waals surface area (Å²) in [5.74, 6) is 1.13. The van der Waals surface area contributed by atoms with E-state index in [1.807, 2.05) is 27.7 Å². The summed E-state index contributed by atoms with van der Waals surface area (Å²) in [6.07, 6.45) is 0.964. The molecule has 0 aliphatic rings. The zero-order valence-electron chi connectivity index (χ0n) is 12.3. The number of carbonyl (C=O) groups excluding carboxylic acids is 1. The first-order chi connectivity index (χ1) is 8.97. The normalized spacial score (nSPS) is 12.1. The van der Waals surface area contributed by atoms with E-state index in [-0.39, 0.29) is 18.1 Å². The van der Waals surface area contributed by atoms with Gasteiger partial charge in [0.25, 0.3) is 5.91 Å². The Morgan fingerprint density at radius 2 is 1.95 bits per heavy atom. The van der Waals surface area contributed by atoms with Gasteiger partial charge in [-0.25, -0.2) is 0 Å². The molecule has 0 unspecified atom stereocenters. The minimum absolute atomic E-state index is 0.0636. The maximum absolute atomic E-state index is 12.0. The molecule has 0 aliphatic heterocycles. The van der Waals surface area contributed by atoms with E-state index >= 15 is 0 Å². The van der Waals surface area contributed by atoms with Crippen LogP contribution in [0.2, 0.25) is 0 Å². The summed E-state index contributed by atoms with van der Waals surface area (Å²) in [4.78, 5) is 12.0. The van der Waals surface area contributed by atoms with Crippen LogP contribution in [0.15, 0.2) is 18.2 Å². The van der Waals surface area contributed by atoms with Gasteiger partial charge in [-0.1, -0.05) is 6.92 Å². The molecule has 0 radical (unpaired) electrons. The van der Waals surface area contributed by atoms with Crippen molar-refractivity contribution in [1.29, 1.82) is 0 Å². The number of ether oxygens (including phenoxy) is 2. The van der Waals surface area contributed by atoms with Crippen molar-refractivity contribution in [3.8, 4) is 11.5 Å². The monoisotopic (exact) mass is 265 g/mol. The number of amides is 1. The first-order valence-corrected chi connectivity index (χ1v) is 6.63. The average molecular weight is 265 g/mol. The first-order valence-electron chi connectivity index (χ1n) is 6.63. The molecule has 1 rings (SSSR count). The number of hydrogen-bond acceptors (Lipinski definition) is 3. The zero-order valence-corrected chi connectivity index (χ0v) is 12.3. The molecule has 0 aliphatic carbocycles. The number of hydrogen-bond donors (Lipinski definition) is 1. The molecule has 1 N–H and O–H groups in total. The van der Waals surface area contributed by atoms with Crippen LogP contribution in [0, 0.1) is 0 Å². The lowest BCUT2D eigenvalue weighted by molar-refractivity contribution is 0.0939. The van der Waals surface area contributed by atoms with Crippen molar-refractivity contribution in [3.63, 3.8) is 0 Å². The van der Waals surface area contributed by atoms with Crippen molar-refractivity contribution in [3.05, 3.63) is 23.8 Å². The van der Waals surface area contributed by atoms with Gasteiger partial charge in [-0.3, -0.25) is 4.79 Å². The first kappa shape index (κ1) is 15.3. The van der Waals surface area contributed by atoms with Gasteiger partial charge < -0.3 is 14.8 Å². The summed E-state index contributed by atoms with van der Waals surface area (Å²) in [7, 11) is 1.57. The third-order valence-electron chi connectivity index (χ3n) is 2.78. The van der Waals surface area contributed by atoms with E-state index in [1.54, 1.807) is 25.3 Å². The van der Waals surface area contributed by atoms with E-state index in [1.165, 1.54) is 0 Å². The maximum Gasteiger partial charge on any atom is 0.251 e. The fourth-order valence-corrected chi connectivity index (χ4v) is 1.57. The lowest BCUT2D eigenvalue weighted by Crippen LogP contribution is -2.31. The summed E-state index contributed by atoms with van der Waals surface area (Å²) >= 11 is 0. The van der Waals surface area contributed by atoms with Gasteiger partial charge >= 0.3 is 0 Å². The number of benzene rings is 1. The summed E-state index contributed by atoms with van der Waals surface area (Å²) in [6, 6.07) is 5.38. The van der Waals surface area contributed by atoms with E-state index in [4.69, 9.17) is 9.47 Å². The molecular formula is C15H23NO3. The lowest BCUT2D eigenvalue weighted by Gasteiger charge is -2.15. The lowest BCUT2D eigenvalue weighted by atomic mass is 10.1. The molecular weight excluding hydrogens is 242 g/mol. The summed E-state index contributed by atoms with van der Waals surface area (Å²) in [5, 5.41) is 2.92. The Morgan fingerprint density at radius 3 is 2.47 bits per heavy atom. The molecule has 0 heterocycles. The van der Waals surface area contributed by atoms with Gasteiger partial charge in [-0.05, 0) is 45.4 Å². The fraction of sp³-hybridized carbons (Fsp3) is 0.533. The van der Waals surface area contributed by atoms with Crippen LogP contribution < -0.4 is 14.8 Å². The van der Waals surface area contributed by atoms with Crippen LogP contribution in [-0.4, -0.2) is 25.2 Å². The van der Waals surface area contributed by atoms with Gasteiger partial charge in [-0.15, -0.1) is 0 Å². The second-order valence-electron chi connectivity index (χ2n) is 4.82. The Bertz CT molecular complexity index is 429. The second kappa shape index (κ2) is 7.02. The molecule has 19 heavy (non-hydrogen) atoms. The summed E-state index contributed by atoms with van der Waals surface area (Å²) in [6.45, 7) is 7.91. The molecule has 1 aromatic rings. The van der Waals surface area contributed by atoms with Crippen LogP contribution in [0.4, 0.5) is 0 Å². The van der Waals surface area contributed by atoms with Crippen LogP contribution in [0.3, 0.4) is 0 Å². The highest BCUT2D eigenvalue weighted by molar-refractivity contribution is 5.95. The van der Waals surface area contributed by atoms with E-state index in [2.05, 4.69) is 5.32 Å². The molecule has 0 saturated heterocycles. The highest BCUT2D eigenvalue weighted by atomic mass is 16.5. The van der Waals surface area contributed by atoms with Gasteiger partial charge in [0.1, 0.15) is 0 Å². The molecule has 4 nitrogen and oxygen atoms in total. The van der Waals surface area contributed by atoms with Crippen molar-refractivity contribution >= 4 is 5.91 Å². The molecule has 106 valence electrons. The van der Waals surface area contributed by atoms with Crippen molar-refractivity contribution in [2.45, 2.75) is 46.3 Å². The standard InChI is InChI=1S/C15H23NO3/c1-6-11(4)16-15(17)12-7-8-13(19-10(2)3)14(9-12)18-5/h7-11H,6H2,1-5H3,(H,16,17)/t11-/m1/s1. The van der Waals surface area contributed by atoms with E-state index in [0.717, 1.165) is 6.42 Å². The number of rotatable bonds is 6. The number of carbonyl (C=O) groups is 1. The molecule has 0 fully saturated rings. The molecule has 0 bridgehead atoms. The van der Waals surface area contributed by atoms with Crippen molar-refractivity contribution < 1.29 is 14.3 Å². The third-order valence-corrected chi connectivity index (χ3v) is 2.78. The number of nitrogens with one attached hydrogen (secondary N) is 1. The van der Waals surface area contributed by atoms with Gasteiger partial charge in [0, 0.05) is 11.6 Å². The molecule has 0 aromatic heterocycles. The van der Waals surface area contributed by atoms with Crippen LogP contribution in [0.25, 0.3) is 0 Å². The van der Waals surface area contributed by atoms with Crippen LogP contribution in [-0.2, 0) is 0 Å². The van der Waals surface area contributed by atoms with Crippen LogP contribution in [0.5, 0.6) is 11.5 Å². The Hall–Kier alpha value is -1.71. The fourth-order valence-electron chi connectivity index (χ4n) is 1.57. The SMILES string of the molecule is CC[C@@H](C)NC(=O)c1ccc(OC(C)C)c(OC)c1. The highest BCUT2D eigenvalue weighted by Crippen LogP contribution is 2.28. The topological polar surface area (TPSA) is 47.6 Å². The van der Waals surface area contributed by atoms with Gasteiger partial charge in [0.2, 0.25) is 0 Å². The van der Waals surface area contributed by atoms with E-state index in [9.17, 15) is 4.79 Å². The predicted molar refractivity (Wildman–Crippen MR) is 76.0 cm³/mol. The molecule has 0 saturated carbocycles. The molecule has 0 spiro atoms. The molecule has 1 atom stereocenters. The largest absolute Gasteiger partial charge is 0.493 e. The van der Waals surface area contributed by atoms with Gasteiger partial charge in [0.15, 0.2) is 11.5 Å². The highest BCUT2D eigenvalue weighted by Gasteiger charge is 2.13. The van der Waals surface area contributed by atoms with Crippen molar-refractivity contribution in [2.75, 3.05) is 7.11 Å². The predicted octanol–water partition coefficient (Wildman–Crippen LogP) is 3.01. The third kappa shape index (κ3) is 4.47.